The predicted molar refractivity (Wildman–Crippen MR) is 76.5 cm³/mol. The van der Waals surface area contributed by atoms with Crippen LogP contribution in [0.3, 0.4) is 0 Å². The lowest BCUT2D eigenvalue weighted by atomic mass is 10.2. The Morgan fingerprint density at radius 2 is 2.06 bits per heavy atom. The highest BCUT2D eigenvalue weighted by Gasteiger charge is 2.02. The molecule has 1 N–H and O–H groups in total. The van der Waals surface area contributed by atoms with Gasteiger partial charge in [0, 0.05) is 10.8 Å². The molecule has 0 aromatic heterocycles. The molecule has 1 rings (SSSR count). The summed E-state index contributed by atoms with van der Waals surface area (Å²) in [5.41, 5.74) is 3.58. The maximum atomic E-state index is 11.4. The molecular weight excluding hydrogens is 270 g/mol. The summed E-state index contributed by atoms with van der Waals surface area (Å²) in [5.74, 6) is 1.48. The molecule has 0 fully saturated rings. The number of halogens is 1. The van der Waals surface area contributed by atoms with Crippen LogP contribution in [0.4, 0.5) is 0 Å². The van der Waals surface area contributed by atoms with Gasteiger partial charge in [-0.15, -0.1) is 11.8 Å². The summed E-state index contributed by atoms with van der Waals surface area (Å²) < 4.78 is 0. The lowest BCUT2D eigenvalue weighted by Gasteiger charge is -2.07. The monoisotopic (exact) mass is 287 g/mol. The molecular formula is C13H18ClNO2S. The van der Waals surface area contributed by atoms with Gasteiger partial charge in [0.05, 0.1) is 12.4 Å². The van der Waals surface area contributed by atoms with E-state index in [1.54, 1.807) is 11.8 Å². The van der Waals surface area contributed by atoms with Crippen LogP contribution in [0.1, 0.15) is 19.4 Å². The third-order valence-electron chi connectivity index (χ3n) is 2.02. The largest absolute Gasteiger partial charge is 0.273 e. The van der Waals surface area contributed by atoms with Crippen LogP contribution >= 0.6 is 23.4 Å². The van der Waals surface area contributed by atoms with Gasteiger partial charge in [0.2, 0.25) is 0 Å². The molecule has 0 aliphatic rings. The van der Waals surface area contributed by atoms with Crippen molar-refractivity contribution in [3.05, 3.63) is 34.9 Å². The van der Waals surface area contributed by atoms with Crippen LogP contribution in [0.2, 0.25) is 5.02 Å². The van der Waals surface area contributed by atoms with E-state index in [0.29, 0.717) is 18.3 Å². The first-order valence-corrected chi connectivity index (χ1v) is 7.34. The third-order valence-corrected chi connectivity index (χ3v) is 3.27. The minimum absolute atomic E-state index is 0.102. The zero-order valence-electron chi connectivity index (χ0n) is 10.6. The Morgan fingerprint density at radius 3 is 2.67 bits per heavy atom. The second-order valence-electron chi connectivity index (χ2n) is 4.35. The SMILES string of the molecule is CC(C)CONC(=O)CSCc1ccc(Cl)cc1. The smallest absolute Gasteiger partial charge is 0.253 e. The van der Waals surface area contributed by atoms with Gasteiger partial charge in [-0.1, -0.05) is 37.6 Å². The van der Waals surface area contributed by atoms with E-state index in [1.807, 2.05) is 38.1 Å². The maximum Gasteiger partial charge on any atom is 0.253 e. The molecule has 18 heavy (non-hydrogen) atoms. The van der Waals surface area contributed by atoms with Gasteiger partial charge < -0.3 is 0 Å². The number of rotatable bonds is 7. The molecule has 0 spiro atoms. The van der Waals surface area contributed by atoms with Crippen LogP contribution < -0.4 is 5.48 Å². The summed E-state index contributed by atoms with van der Waals surface area (Å²) in [6, 6.07) is 7.62. The number of hydrogen-bond donors (Lipinski definition) is 1. The van der Waals surface area contributed by atoms with E-state index in [9.17, 15) is 4.79 Å². The molecule has 0 saturated carbocycles. The topological polar surface area (TPSA) is 38.3 Å². The molecule has 0 saturated heterocycles. The third kappa shape index (κ3) is 6.89. The van der Waals surface area contributed by atoms with Gasteiger partial charge in [-0.25, -0.2) is 5.48 Å². The zero-order valence-corrected chi connectivity index (χ0v) is 12.2. The number of carbonyl (C=O) groups is 1. The van der Waals surface area contributed by atoms with E-state index >= 15 is 0 Å². The summed E-state index contributed by atoms with van der Waals surface area (Å²) in [5, 5.41) is 0.726. The van der Waals surface area contributed by atoms with Crippen molar-refractivity contribution >= 4 is 29.3 Å². The standard InChI is InChI=1S/C13H18ClNO2S/c1-10(2)7-17-15-13(16)9-18-8-11-3-5-12(14)6-4-11/h3-6,10H,7-9H2,1-2H3,(H,15,16). The van der Waals surface area contributed by atoms with Gasteiger partial charge >= 0.3 is 0 Å². The number of amides is 1. The highest BCUT2D eigenvalue weighted by Crippen LogP contribution is 2.15. The van der Waals surface area contributed by atoms with E-state index in [-0.39, 0.29) is 5.91 Å². The maximum absolute atomic E-state index is 11.4. The Kier molecular flexibility index (Phi) is 7.16. The molecule has 3 nitrogen and oxygen atoms in total. The number of hydroxylamine groups is 1. The summed E-state index contributed by atoms with van der Waals surface area (Å²) >= 11 is 7.34. The van der Waals surface area contributed by atoms with E-state index in [1.165, 1.54) is 0 Å². The molecule has 0 bridgehead atoms. The summed E-state index contributed by atoms with van der Waals surface area (Å²) in [6.07, 6.45) is 0. The van der Waals surface area contributed by atoms with Gasteiger partial charge in [-0.2, -0.15) is 0 Å². The van der Waals surface area contributed by atoms with Crippen molar-refractivity contribution in [3.8, 4) is 0 Å². The number of thioether (sulfide) groups is 1. The molecule has 5 heteroatoms. The van der Waals surface area contributed by atoms with E-state index in [2.05, 4.69) is 5.48 Å². The molecule has 0 aliphatic carbocycles. The molecule has 1 amide bonds. The molecule has 0 unspecified atom stereocenters. The van der Waals surface area contributed by atoms with Crippen LogP contribution in [0, 0.1) is 5.92 Å². The minimum Gasteiger partial charge on any atom is -0.273 e. The fourth-order valence-electron chi connectivity index (χ4n) is 1.16. The average Bonchev–Trinajstić information content (AvgIpc) is 2.31. The molecule has 0 atom stereocenters. The summed E-state index contributed by atoms with van der Waals surface area (Å²) in [4.78, 5) is 16.4. The Labute approximate surface area is 117 Å². The Hall–Kier alpha value is -0.710. The Bertz CT molecular complexity index is 368. The van der Waals surface area contributed by atoms with Gasteiger partial charge in [0.1, 0.15) is 0 Å². The van der Waals surface area contributed by atoms with Crippen molar-refractivity contribution in [3.63, 3.8) is 0 Å². The average molecular weight is 288 g/mol. The van der Waals surface area contributed by atoms with Crippen molar-refractivity contribution in [1.29, 1.82) is 0 Å². The Morgan fingerprint density at radius 1 is 1.39 bits per heavy atom. The number of hydrogen-bond acceptors (Lipinski definition) is 3. The Balaban J connectivity index is 2.13. The predicted octanol–water partition coefficient (Wildman–Crippen LogP) is 3.28. The highest BCUT2D eigenvalue weighted by molar-refractivity contribution is 7.99. The second kappa shape index (κ2) is 8.40. The summed E-state index contributed by atoms with van der Waals surface area (Å²) in [7, 11) is 0. The summed E-state index contributed by atoms with van der Waals surface area (Å²) in [6.45, 7) is 4.59. The van der Waals surface area contributed by atoms with E-state index in [4.69, 9.17) is 16.4 Å². The number of carbonyl (C=O) groups excluding carboxylic acids is 1. The van der Waals surface area contributed by atoms with Crippen molar-refractivity contribution in [1.82, 2.24) is 5.48 Å². The minimum atomic E-state index is -0.102. The van der Waals surface area contributed by atoms with Crippen LogP contribution in [-0.2, 0) is 15.4 Å². The fraction of sp³-hybridized carbons (Fsp3) is 0.462. The molecule has 0 aliphatic heterocycles. The molecule has 1 aromatic rings. The second-order valence-corrected chi connectivity index (χ2v) is 5.77. The van der Waals surface area contributed by atoms with Crippen LogP contribution in [0.5, 0.6) is 0 Å². The normalized spacial score (nSPS) is 10.7. The molecule has 100 valence electrons. The van der Waals surface area contributed by atoms with Gasteiger partial charge in [-0.3, -0.25) is 9.63 Å². The quantitative estimate of drug-likeness (QED) is 0.782. The lowest BCUT2D eigenvalue weighted by Crippen LogP contribution is -2.27. The van der Waals surface area contributed by atoms with Crippen LogP contribution in [-0.4, -0.2) is 18.3 Å². The molecule has 0 radical (unpaired) electrons. The van der Waals surface area contributed by atoms with Crippen molar-refractivity contribution in [2.75, 3.05) is 12.4 Å². The van der Waals surface area contributed by atoms with Crippen molar-refractivity contribution in [2.24, 2.45) is 5.92 Å². The van der Waals surface area contributed by atoms with Crippen LogP contribution in [0.15, 0.2) is 24.3 Å². The van der Waals surface area contributed by atoms with E-state index < -0.39 is 0 Å². The first kappa shape index (κ1) is 15.3. The first-order chi connectivity index (χ1) is 8.58. The van der Waals surface area contributed by atoms with Crippen molar-refractivity contribution in [2.45, 2.75) is 19.6 Å². The van der Waals surface area contributed by atoms with E-state index in [0.717, 1.165) is 16.3 Å². The van der Waals surface area contributed by atoms with Gasteiger partial charge in [-0.05, 0) is 23.6 Å². The number of benzene rings is 1. The van der Waals surface area contributed by atoms with Gasteiger partial charge in [0.25, 0.3) is 5.91 Å². The lowest BCUT2D eigenvalue weighted by molar-refractivity contribution is -0.131. The highest BCUT2D eigenvalue weighted by atomic mass is 35.5. The first-order valence-electron chi connectivity index (χ1n) is 5.80. The molecule has 1 aromatic carbocycles. The van der Waals surface area contributed by atoms with Crippen molar-refractivity contribution < 1.29 is 9.63 Å². The fourth-order valence-corrected chi connectivity index (χ4v) is 2.06. The van der Waals surface area contributed by atoms with Gasteiger partial charge in [0.15, 0.2) is 0 Å². The molecule has 0 heterocycles. The zero-order chi connectivity index (χ0) is 13.4. The number of nitrogens with one attached hydrogen (secondary N) is 1. The van der Waals surface area contributed by atoms with Crippen LogP contribution in [0.25, 0.3) is 0 Å².